The highest BCUT2D eigenvalue weighted by atomic mass is 15.0. The second-order valence-electron chi connectivity index (χ2n) is 5.72. The summed E-state index contributed by atoms with van der Waals surface area (Å²) in [4.78, 5) is 4.35. The summed E-state index contributed by atoms with van der Waals surface area (Å²) < 4.78 is 2.29. The van der Waals surface area contributed by atoms with Gasteiger partial charge in [0.05, 0.1) is 6.33 Å². The van der Waals surface area contributed by atoms with Gasteiger partial charge in [-0.05, 0) is 32.4 Å². The Morgan fingerprint density at radius 1 is 1.25 bits per heavy atom. The monoisotopic (exact) mass is 269 g/mol. The molecule has 1 aliphatic rings. The number of rotatable bonds is 3. The summed E-state index contributed by atoms with van der Waals surface area (Å²) >= 11 is 0. The minimum absolute atomic E-state index is 0.548. The molecular weight excluding hydrogens is 246 g/mol. The number of aromatic nitrogens is 2. The van der Waals surface area contributed by atoms with Crippen molar-refractivity contribution in [3.63, 3.8) is 0 Å². The molecular formula is C17H23N3. The third-order valence-electron chi connectivity index (χ3n) is 4.45. The van der Waals surface area contributed by atoms with Crippen LogP contribution in [-0.2, 0) is 6.54 Å². The van der Waals surface area contributed by atoms with Crippen LogP contribution in [0.2, 0.25) is 0 Å². The molecule has 0 bridgehead atoms. The molecule has 0 aliphatic carbocycles. The maximum Gasteiger partial charge on any atom is 0.0948 e. The van der Waals surface area contributed by atoms with Gasteiger partial charge in [0.15, 0.2) is 0 Å². The van der Waals surface area contributed by atoms with Crippen molar-refractivity contribution in [2.24, 2.45) is 0 Å². The van der Waals surface area contributed by atoms with Gasteiger partial charge in [0, 0.05) is 36.8 Å². The topological polar surface area (TPSA) is 29.9 Å². The van der Waals surface area contributed by atoms with E-state index in [1.165, 1.54) is 23.2 Å². The fraction of sp³-hybridized carbons (Fsp3) is 0.471. The van der Waals surface area contributed by atoms with E-state index in [9.17, 15) is 0 Å². The standard InChI is InChI=1S/C17H23N3/c1-3-20-12-19-11-17(20)15-8-9-18-10-16(15)14-6-4-13(2)5-7-14/h4-7,11-12,15-16,18H,3,8-10H2,1-2H3. The SMILES string of the molecule is CCn1cncc1C1CCNCC1c1ccc(C)cc1. The van der Waals surface area contributed by atoms with E-state index in [2.05, 4.69) is 59.2 Å². The lowest BCUT2D eigenvalue weighted by molar-refractivity contribution is 0.388. The molecule has 106 valence electrons. The highest BCUT2D eigenvalue weighted by Crippen LogP contribution is 2.37. The van der Waals surface area contributed by atoms with E-state index in [-0.39, 0.29) is 0 Å². The van der Waals surface area contributed by atoms with Crippen LogP contribution in [0.4, 0.5) is 0 Å². The molecule has 0 spiro atoms. The molecule has 2 heterocycles. The summed E-state index contributed by atoms with van der Waals surface area (Å²) in [6.45, 7) is 7.49. The maximum absolute atomic E-state index is 4.35. The number of nitrogens with zero attached hydrogens (tertiary/aromatic N) is 2. The highest BCUT2D eigenvalue weighted by molar-refractivity contribution is 5.29. The summed E-state index contributed by atoms with van der Waals surface area (Å²) in [6, 6.07) is 9.01. The summed E-state index contributed by atoms with van der Waals surface area (Å²) in [5.41, 5.74) is 4.16. The molecule has 1 aromatic carbocycles. The van der Waals surface area contributed by atoms with Gasteiger partial charge in [-0.2, -0.15) is 0 Å². The van der Waals surface area contributed by atoms with Gasteiger partial charge in [0.2, 0.25) is 0 Å². The van der Waals surface area contributed by atoms with E-state index in [1.807, 2.05) is 6.33 Å². The van der Waals surface area contributed by atoms with Crippen LogP contribution < -0.4 is 5.32 Å². The van der Waals surface area contributed by atoms with Gasteiger partial charge in [0.1, 0.15) is 0 Å². The minimum atomic E-state index is 0.548. The highest BCUT2D eigenvalue weighted by Gasteiger charge is 2.29. The van der Waals surface area contributed by atoms with E-state index in [1.54, 1.807) is 0 Å². The van der Waals surface area contributed by atoms with E-state index in [0.717, 1.165) is 19.6 Å². The summed E-state index contributed by atoms with van der Waals surface area (Å²) in [5.74, 6) is 1.12. The van der Waals surface area contributed by atoms with E-state index in [4.69, 9.17) is 0 Å². The molecule has 3 heteroatoms. The molecule has 2 atom stereocenters. The molecule has 20 heavy (non-hydrogen) atoms. The number of hydrogen-bond donors (Lipinski definition) is 1. The van der Waals surface area contributed by atoms with E-state index < -0.39 is 0 Å². The second kappa shape index (κ2) is 5.80. The predicted octanol–water partition coefficient (Wildman–Crippen LogP) is 3.07. The van der Waals surface area contributed by atoms with Crippen LogP contribution in [-0.4, -0.2) is 22.6 Å². The van der Waals surface area contributed by atoms with Crippen molar-refractivity contribution in [1.82, 2.24) is 14.9 Å². The predicted molar refractivity (Wildman–Crippen MR) is 82.0 cm³/mol. The first kappa shape index (κ1) is 13.4. The van der Waals surface area contributed by atoms with Crippen molar-refractivity contribution in [1.29, 1.82) is 0 Å². The number of nitrogens with one attached hydrogen (secondary N) is 1. The third kappa shape index (κ3) is 2.50. The lowest BCUT2D eigenvalue weighted by Gasteiger charge is -2.33. The van der Waals surface area contributed by atoms with E-state index in [0.29, 0.717) is 11.8 Å². The first-order valence-electron chi connectivity index (χ1n) is 7.57. The van der Waals surface area contributed by atoms with Crippen molar-refractivity contribution in [2.75, 3.05) is 13.1 Å². The summed E-state index contributed by atoms with van der Waals surface area (Å²) in [7, 11) is 0. The zero-order valence-electron chi connectivity index (χ0n) is 12.3. The molecule has 1 aliphatic heterocycles. The van der Waals surface area contributed by atoms with Crippen molar-refractivity contribution < 1.29 is 0 Å². The number of aryl methyl sites for hydroxylation is 2. The number of hydrogen-bond acceptors (Lipinski definition) is 2. The molecule has 2 aromatic rings. The van der Waals surface area contributed by atoms with Gasteiger partial charge in [0.25, 0.3) is 0 Å². The minimum Gasteiger partial charge on any atom is -0.335 e. The average molecular weight is 269 g/mol. The van der Waals surface area contributed by atoms with Crippen molar-refractivity contribution in [3.05, 3.63) is 53.6 Å². The first-order valence-corrected chi connectivity index (χ1v) is 7.57. The Hall–Kier alpha value is -1.61. The molecule has 1 saturated heterocycles. The van der Waals surface area contributed by atoms with Gasteiger partial charge in [-0.1, -0.05) is 29.8 Å². The van der Waals surface area contributed by atoms with Gasteiger partial charge < -0.3 is 9.88 Å². The zero-order valence-corrected chi connectivity index (χ0v) is 12.3. The smallest absolute Gasteiger partial charge is 0.0948 e. The van der Waals surface area contributed by atoms with Crippen LogP contribution in [0.15, 0.2) is 36.8 Å². The van der Waals surface area contributed by atoms with Gasteiger partial charge in [-0.15, -0.1) is 0 Å². The summed E-state index contributed by atoms with van der Waals surface area (Å²) in [6.07, 6.45) is 5.20. The second-order valence-corrected chi connectivity index (χ2v) is 5.72. The summed E-state index contributed by atoms with van der Waals surface area (Å²) in [5, 5.41) is 3.55. The van der Waals surface area contributed by atoms with Crippen LogP contribution in [0, 0.1) is 6.92 Å². The Kier molecular flexibility index (Phi) is 3.88. The normalized spacial score (nSPS) is 22.9. The number of piperidine rings is 1. The largest absolute Gasteiger partial charge is 0.335 e. The Morgan fingerprint density at radius 3 is 2.80 bits per heavy atom. The first-order chi connectivity index (χ1) is 9.79. The van der Waals surface area contributed by atoms with Crippen LogP contribution in [0.3, 0.4) is 0 Å². The van der Waals surface area contributed by atoms with Crippen LogP contribution in [0.5, 0.6) is 0 Å². The Balaban J connectivity index is 1.93. The average Bonchev–Trinajstić information content (AvgIpc) is 2.96. The molecule has 2 unspecified atom stereocenters. The number of benzene rings is 1. The Labute approximate surface area is 121 Å². The maximum atomic E-state index is 4.35. The van der Waals surface area contributed by atoms with Crippen molar-refractivity contribution >= 4 is 0 Å². The zero-order chi connectivity index (χ0) is 13.9. The number of imidazole rings is 1. The van der Waals surface area contributed by atoms with Crippen molar-refractivity contribution in [3.8, 4) is 0 Å². The fourth-order valence-corrected chi connectivity index (χ4v) is 3.28. The molecule has 0 saturated carbocycles. The molecule has 1 aromatic heterocycles. The lowest BCUT2D eigenvalue weighted by atomic mass is 9.79. The fourth-order valence-electron chi connectivity index (χ4n) is 3.28. The Morgan fingerprint density at radius 2 is 2.05 bits per heavy atom. The van der Waals surface area contributed by atoms with E-state index >= 15 is 0 Å². The molecule has 0 radical (unpaired) electrons. The quantitative estimate of drug-likeness (QED) is 0.928. The van der Waals surface area contributed by atoms with Gasteiger partial charge in [-0.3, -0.25) is 0 Å². The molecule has 1 fully saturated rings. The molecule has 1 N–H and O–H groups in total. The van der Waals surface area contributed by atoms with Crippen LogP contribution >= 0.6 is 0 Å². The molecule has 3 rings (SSSR count). The van der Waals surface area contributed by atoms with Crippen LogP contribution in [0.25, 0.3) is 0 Å². The lowest BCUT2D eigenvalue weighted by Crippen LogP contribution is -2.34. The van der Waals surface area contributed by atoms with Gasteiger partial charge >= 0.3 is 0 Å². The molecule has 3 nitrogen and oxygen atoms in total. The van der Waals surface area contributed by atoms with Gasteiger partial charge in [-0.25, -0.2) is 4.98 Å². The third-order valence-corrected chi connectivity index (χ3v) is 4.45. The molecule has 0 amide bonds. The Bertz CT molecular complexity index is 556. The van der Waals surface area contributed by atoms with Crippen LogP contribution in [0.1, 0.15) is 42.0 Å². The van der Waals surface area contributed by atoms with Crippen molar-refractivity contribution in [2.45, 2.75) is 38.6 Å².